The van der Waals surface area contributed by atoms with Crippen molar-refractivity contribution >= 4 is 22.6 Å². The summed E-state index contributed by atoms with van der Waals surface area (Å²) in [5, 5.41) is 5.12. The predicted molar refractivity (Wildman–Crippen MR) is 72.7 cm³/mol. The lowest BCUT2D eigenvalue weighted by molar-refractivity contribution is 0.408. The first-order valence-electron chi connectivity index (χ1n) is 6.18. The minimum Gasteiger partial charge on any atom is -0.493 e. The number of nitrogens with one attached hydrogen (secondary N) is 1. The van der Waals surface area contributed by atoms with E-state index in [1.165, 1.54) is 0 Å². The van der Waals surface area contributed by atoms with Crippen molar-refractivity contribution in [2.45, 2.75) is 19.3 Å². The van der Waals surface area contributed by atoms with Crippen LogP contribution < -0.4 is 10.1 Å². The summed E-state index contributed by atoms with van der Waals surface area (Å²) in [6.45, 7) is 3.95. The van der Waals surface area contributed by atoms with Crippen molar-refractivity contribution in [2.75, 3.05) is 20.2 Å². The predicted octanol–water partition coefficient (Wildman–Crippen LogP) is 3.48. The van der Waals surface area contributed by atoms with Gasteiger partial charge in [-0.25, -0.2) is 0 Å². The third-order valence-electron chi connectivity index (χ3n) is 3.58. The van der Waals surface area contributed by atoms with Crippen LogP contribution in [0.2, 0.25) is 5.02 Å². The van der Waals surface area contributed by atoms with E-state index in [4.69, 9.17) is 20.8 Å². The maximum absolute atomic E-state index is 6.52. The number of halogens is 1. The first-order chi connectivity index (χ1) is 8.70. The molecule has 1 unspecified atom stereocenters. The Morgan fingerprint density at radius 3 is 2.94 bits per heavy atom. The summed E-state index contributed by atoms with van der Waals surface area (Å²) in [4.78, 5) is 0. The van der Waals surface area contributed by atoms with Crippen molar-refractivity contribution in [1.29, 1.82) is 0 Å². The van der Waals surface area contributed by atoms with Crippen molar-refractivity contribution in [3.8, 4) is 5.75 Å². The van der Waals surface area contributed by atoms with E-state index in [9.17, 15) is 0 Å². The minimum atomic E-state index is 0.464. The van der Waals surface area contributed by atoms with Crippen LogP contribution in [0.1, 0.15) is 23.7 Å². The second-order valence-electron chi connectivity index (χ2n) is 4.77. The van der Waals surface area contributed by atoms with Crippen LogP contribution in [0.4, 0.5) is 0 Å². The molecule has 0 amide bonds. The molecule has 3 nitrogen and oxygen atoms in total. The van der Waals surface area contributed by atoms with Gasteiger partial charge in [0.05, 0.1) is 12.1 Å². The maximum atomic E-state index is 6.52. The largest absolute Gasteiger partial charge is 0.493 e. The molecule has 2 heterocycles. The fourth-order valence-electron chi connectivity index (χ4n) is 2.65. The summed E-state index contributed by atoms with van der Waals surface area (Å²) < 4.78 is 11.1. The molecule has 3 rings (SSSR count). The van der Waals surface area contributed by atoms with E-state index in [2.05, 4.69) is 5.32 Å². The summed E-state index contributed by atoms with van der Waals surface area (Å²) in [6.07, 6.45) is 1.12. The number of hydrogen-bond acceptors (Lipinski definition) is 3. The summed E-state index contributed by atoms with van der Waals surface area (Å²) >= 11 is 6.52. The fourth-order valence-corrected chi connectivity index (χ4v) is 3.00. The van der Waals surface area contributed by atoms with Crippen molar-refractivity contribution in [2.24, 2.45) is 0 Å². The standard InChI is InChI=1S/C14H16ClNO2/c1-8-5-11-13(15)10(9-3-4-16-7-9)6-12(17-2)14(11)18-8/h5-6,9,16H,3-4,7H2,1-2H3. The highest BCUT2D eigenvalue weighted by Crippen LogP contribution is 2.40. The average molecular weight is 266 g/mol. The van der Waals surface area contributed by atoms with Crippen molar-refractivity contribution < 1.29 is 9.15 Å². The lowest BCUT2D eigenvalue weighted by Gasteiger charge is -2.13. The first-order valence-corrected chi connectivity index (χ1v) is 6.55. The van der Waals surface area contributed by atoms with Gasteiger partial charge in [-0.3, -0.25) is 0 Å². The molecule has 0 saturated carbocycles. The number of fused-ring (bicyclic) bond motifs is 1. The van der Waals surface area contributed by atoms with E-state index < -0.39 is 0 Å². The fraction of sp³-hybridized carbons (Fsp3) is 0.429. The molecule has 0 radical (unpaired) electrons. The SMILES string of the molecule is COc1cc(C2CCNC2)c(Cl)c2cc(C)oc12. The molecule has 0 spiro atoms. The van der Waals surface area contributed by atoms with Crippen LogP contribution in [0.15, 0.2) is 16.5 Å². The highest BCUT2D eigenvalue weighted by atomic mass is 35.5. The quantitative estimate of drug-likeness (QED) is 0.903. The van der Waals surface area contributed by atoms with Gasteiger partial charge in [0.1, 0.15) is 5.76 Å². The molecule has 0 bridgehead atoms. The molecular formula is C14H16ClNO2. The number of ether oxygens (including phenoxy) is 1. The molecule has 1 atom stereocenters. The Labute approximate surface area is 111 Å². The normalized spacial score (nSPS) is 19.6. The second-order valence-corrected chi connectivity index (χ2v) is 5.15. The Bertz CT molecular complexity index is 585. The van der Waals surface area contributed by atoms with Gasteiger partial charge in [0.15, 0.2) is 11.3 Å². The van der Waals surface area contributed by atoms with Gasteiger partial charge >= 0.3 is 0 Å². The number of hydrogen-bond donors (Lipinski definition) is 1. The van der Waals surface area contributed by atoms with E-state index in [-0.39, 0.29) is 0 Å². The Hall–Kier alpha value is -1.19. The van der Waals surface area contributed by atoms with Crippen LogP contribution in [-0.4, -0.2) is 20.2 Å². The van der Waals surface area contributed by atoms with E-state index in [0.29, 0.717) is 5.92 Å². The maximum Gasteiger partial charge on any atom is 0.177 e. The van der Waals surface area contributed by atoms with Crippen LogP contribution in [0, 0.1) is 6.92 Å². The van der Waals surface area contributed by atoms with Gasteiger partial charge in [0.2, 0.25) is 0 Å². The highest BCUT2D eigenvalue weighted by Gasteiger charge is 2.23. The van der Waals surface area contributed by atoms with Crippen LogP contribution >= 0.6 is 11.6 Å². The summed E-state index contributed by atoms with van der Waals surface area (Å²) in [5.74, 6) is 2.09. The molecule has 1 aromatic carbocycles. The summed E-state index contributed by atoms with van der Waals surface area (Å²) in [5.41, 5.74) is 1.90. The van der Waals surface area contributed by atoms with Crippen molar-refractivity contribution in [3.63, 3.8) is 0 Å². The lowest BCUT2D eigenvalue weighted by Crippen LogP contribution is -2.08. The topological polar surface area (TPSA) is 34.4 Å². The van der Waals surface area contributed by atoms with E-state index in [0.717, 1.165) is 52.6 Å². The molecule has 96 valence electrons. The van der Waals surface area contributed by atoms with Gasteiger partial charge in [-0.05, 0) is 43.5 Å². The molecule has 1 aliphatic rings. The molecule has 1 saturated heterocycles. The molecule has 1 aliphatic heterocycles. The van der Waals surface area contributed by atoms with E-state index in [1.54, 1.807) is 7.11 Å². The lowest BCUT2D eigenvalue weighted by atomic mass is 9.96. The molecule has 2 aromatic rings. The monoisotopic (exact) mass is 265 g/mol. The zero-order valence-corrected chi connectivity index (χ0v) is 11.3. The number of rotatable bonds is 2. The van der Waals surface area contributed by atoms with E-state index in [1.807, 2.05) is 19.1 Å². The average Bonchev–Trinajstić information content (AvgIpc) is 2.98. The Balaban J connectivity index is 2.22. The van der Waals surface area contributed by atoms with Crippen LogP contribution in [0.5, 0.6) is 5.75 Å². The number of aryl methyl sites for hydroxylation is 1. The van der Waals surface area contributed by atoms with Gasteiger partial charge in [0, 0.05) is 11.9 Å². The van der Waals surface area contributed by atoms with Crippen LogP contribution in [-0.2, 0) is 0 Å². The van der Waals surface area contributed by atoms with Gasteiger partial charge in [-0.2, -0.15) is 0 Å². The molecule has 1 aromatic heterocycles. The van der Waals surface area contributed by atoms with Gasteiger partial charge in [-0.15, -0.1) is 0 Å². The van der Waals surface area contributed by atoms with Gasteiger partial charge in [0.25, 0.3) is 0 Å². The Morgan fingerprint density at radius 2 is 2.28 bits per heavy atom. The van der Waals surface area contributed by atoms with Crippen LogP contribution in [0.3, 0.4) is 0 Å². The second kappa shape index (κ2) is 4.48. The van der Waals surface area contributed by atoms with E-state index >= 15 is 0 Å². The summed E-state index contributed by atoms with van der Waals surface area (Å²) in [7, 11) is 1.66. The Morgan fingerprint density at radius 1 is 1.44 bits per heavy atom. The van der Waals surface area contributed by atoms with Crippen molar-refractivity contribution in [1.82, 2.24) is 5.32 Å². The molecule has 1 N–H and O–H groups in total. The van der Waals surface area contributed by atoms with Gasteiger partial charge in [-0.1, -0.05) is 11.6 Å². The minimum absolute atomic E-state index is 0.464. The Kier molecular flexibility index (Phi) is 2.96. The van der Waals surface area contributed by atoms with Gasteiger partial charge < -0.3 is 14.5 Å². The molecule has 1 fully saturated rings. The third kappa shape index (κ3) is 1.78. The van der Waals surface area contributed by atoms with Crippen molar-refractivity contribution in [3.05, 3.63) is 28.5 Å². The number of furan rings is 1. The molecule has 4 heteroatoms. The number of benzene rings is 1. The first kappa shape index (κ1) is 11.9. The third-order valence-corrected chi connectivity index (χ3v) is 4.00. The van der Waals surface area contributed by atoms with Crippen LogP contribution in [0.25, 0.3) is 11.0 Å². The summed E-state index contributed by atoms with van der Waals surface area (Å²) in [6, 6.07) is 4.00. The molecule has 0 aliphatic carbocycles. The zero-order chi connectivity index (χ0) is 12.7. The zero-order valence-electron chi connectivity index (χ0n) is 10.5. The number of methoxy groups -OCH3 is 1. The molecular weight excluding hydrogens is 250 g/mol. The smallest absolute Gasteiger partial charge is 0.177 e. The molecule has 18 heavy (non-hydrogen) atoms. The highest BCUT2D eigenvalue weighted by molar-refractivity contribution is 6.36.